The van der Waals surface area contributed by atoms with Crippen LogP contribution in [0, 0.1) is 5.82 Å². The second-order valence-electron chi connectivity index (χ2n) is 4.25. The summed E-state index contributed by atoms with van der Waals surface area (Å²) in [7, 11) is 1.85. The van der Waals surface area contributed by atoms with Crippen molar-refractivity contribution in [3.63, 3.8) is 0 Å². The molecule has 0 aromatic heterocycles. The number of anilines is 2. The maximum Gasteiger partial charge on any atom is 0.161 e. The van der Waals surface area contributed by atoms with E-state index in [2.05, 4.69) is 15.9 Å². The Balaban J connectivity index is 2.48. The zero-order valence-electron chi connectivity index (χ0n) is 10.7. The number of hydrogen-bond donors (Lipinski definition) is 0. The van der Waals surface area contributed by atoms with Gasteiger partial charge in [0.2, 0.25) is 0 Å². The van der Waals surface area contributed by atoms with E-state index in [9.17, 15) is 9.18 Å². The highest BCUT2D eigenvalue weighted by Crippen LogP contribution is 2.30. The van der Waals surface area contributed by atoms with Gasteiger partial charge in [-0.1, -0.05) is 15.9 Å². The van der Waals surface area contributed by atoms with Gasteiger partial charge in [-0.3, -0.25) is 4.79 Å². The van der Waals surface area contributed by atoms with Crippen molar-refractivity contribution in [1.29, 1.82) is 0 Å². The number of hydrogen-bond acceptors (Lipinski definition) is 2. The zero-order chi connectivity index (χ0) is 14.0. The largest absolute Gasteiger partial charge is 0.344 e. The Bertz CT molecular complexity index is 610. The van der Waals surface area contributed by atoms with Crippen molar-refractivity contribution < 1.29 is 9.18 Å². The lowest BCUT2D eigenvalue weighted by Gasteiger charge is -2.22. The topological polar surface area (TPSA) is 20.3 Å². The first-order valence-corrected chi connectivity index (χ1v) is 6.58. The molecule has 98 valence electrons. The van der Waals surface area contributed by atoms with Gasteiger partial charge in [0.1, 0.15) is 5.82 Å². The van der Waals surface area contributed by atoms with Crippen LogP contribution < -0.4 is 4.90 Å². The van der Waals surface area contributed by atoms with E-state index in [1.54, 1.807) is 18.2 Å². The Morgan fingerprint density at radius 1 is 1.16 bits per heavy atom. The van der Waals surface area contributed by atoms with Crippen molar-refractivity contribution >= 4 is 33.1 Å². The summed E-state index contributed by atoms with van der Waals surface area (Å²) < 4.78 is 13.8. The second kappa shape index (κ2) is 5.53. The minimum atomic E-state index is -0.279. The highest BCUT2D eigenvalue weighted by Gasteiger charge is 2.13. The summed E-state index contributed by atoms with van der Waals surface area (Å²) >= 11 is 3.40. The molecule has 0 aliphatic rings. The molecule has 2 aromatic carbocycles. The summed E-state index contributed by atoms with van der Waals surface area (Å²) in [5.74, 6) is -0.283. The molecular weight excluding hydrogens is 309 g/mol. The van der Waals surface area contributed by atoms with Gasteiger partial charge in [-0.25, -0.2) is 4.39 Å². The summed E-state index contributed by atoms with van der Waals surface area (Å²) in [6, 6.07) is 11.6. The smallest absolute Gasteiger partial charge is 0.161 e. The number of halogens is 2. The van der Waals surface area contributed by atoms with Gasteiger partial charge in [0.25, 0.3) is 0 Å². The first-order chi connectivity index (χ1) is 8.99. The minimum Gasteiger partial charge on any atom is -0.344 e. The molecule has 0 saturated carbocycles. The summed E-state index contributed by atoms with van der Waals surface area (Å²) in [6.07, 6.45) is 0. The summed E-state index contributed by atoms with van der Waals surface area (Å²) in [5.41, 5.74) is 2.24. The Hall–Kier alpha value is -1.68. The fourth-order valence-corrected chi connectivity index (χ4v) is 2.23. The van der Waals surface area contributed by atoms with E-state index in [4.69, 9.17) is 0 Å². The maximum absolute atomic E-state index is 12.9. The van der Waals surface area contributed by atoms with Crippen LogP contribution in [0.3, 0.4) is 0 Å². The number of nitrogens with zero attached hydrogens (tertiary/aromatic N) is 1. The van der Waals surface area contributed by atoms with E-state index < -0.39 is 0 Å². The number of rotatable bonds is 3. The molecule has 0 aliphatic heterocycles. The van der Waals surface area contributed by atoms with Crippen LogP contribution in [0.2, 0.25) is 0 Å². The van der Waals surface area contributed by atoms with Crippen molar-refractivity contribution in [2.45, 2.75) is 6.92 Å². The van der Waals surface area contributed by atoms with E-state index in [0.717, 1.165) is 15.8 Å². The first-order valence-electron chi connectivity index (χ1n) is 5.79. The van der Waals surface area contributed by atoms with Crippen molar-refractivity contribution in [2.75, 3.05) is 11.9 Å². The molecule has 0 unspecified atom stereocenters. The first kappa shape index (κ1) is 13.7. The highest BCUT2D eigenvalue weighted by atomic mass is 79.9. The van der Waals surface area contributed by atoms with Crippen LogP contribution in [-0.4, -0.2) is 12.8 Å². The fraction of sp³-hybridized carbons (Fsp3) is 0.133. The third-order valence-electron chi connectivity index (χ3n) is 2.91. The van der Waals surface area contributed by atoms with Crippen molar-refractivity contribution in [2.24, 2.45) is 0 Å². The van der Waals surface area contributed by atoms with Gasteiger partial charge in [-0.15, -0.1) is 0 Å². The zero-order valence-corrected chi connectivity index (χ0v) is 12.2. The van der Waals surface area contributed by atoms with Gasteiger partial charge >= 0.3 is 0 Å². The number of Topliss-reactive ketones (excluding diaryl/α,β-unsaturated/α-hetero) is 1. The molecule has 4 heteroatoms. The van der Waals surface area contributed by atoms with E-state index >= 15 is 0 Å². The quantitative estimate of drug-likeness (QED) is 0.772. The van der Waals surface area contributed by atoms with Crippen LogP contribution >= 0.6 is 15.9 Å². The molecule has 0 spiro atoms. The summed E-state index contributed by atoms with van der Waals surface area (Å²) in [6.45, 7) is 1.53. The lowest BCUT2D eigenvalue weighted by molar-refractivity contribution is 0.101. The van der Waals surface area contributed by atoms with Gasteiger partial charge in [0.15, 0.2) is 5.78 Å². The third-order valence-corrected chi connectivity index (χ3v) is 3.41. The molecule has 2 nitrogen and oxygen atoms in total. The highest BCUT2D eigenvalue weighted by molar-refractivity contribution is 9.10. The predicted molar refractivity (Wildman–Crippen MR) is 78.6 cm³/mol. The number of carbonyl (C=O) groups excluding carboxylic acids is 1. The number of carbonyl (C=O) groups is 1. The monoisotopic (exact) mass is 321 g/mol. The lowest BCUT2D eigenvalue weighted by Crippen LogP contribution is -2.13. The third kappa shape index (κ3) is 3.01. The van der Waals surface area contributed by atoms with Crippen LogP contribution in [0.1, 0.15) is 17.3 Å². The van der Waals surface area contributed by atoms with Gasteiger partial charge in [-0.2, -0.15) is 0 Å². The van der Waals surface area contributed by atoms with Gasteiger partial charge in [-0.05, 0) is 49.4 Å². The molecule has 0 N–H and O–H groups in total. The molecule has 0 fully saturated rings. The molecule has 0 atom stereocenters. The number of benzene rings is 2. The van der Waals surface area contributed by atoms with Crippen LogP contribution in [0.5, 0.6) is 0 Å². The maximum atomic E-state index is 12.9. The van der Waals surface area contributed by atoms with Gasteiger partial charge < -0.3 is 4.90 Å². The minimum absolute atomic E-state index is 0.00328. The van der Waals surface area contributed by atoms with E-state index in [-0.39, 0.29) is 11.6 Å². The Morgan fingerprint density at radius 3 is 2.37 bits per heavy atom. The van der Waals surface area contributed by atoms with Crippen molar-refractivity contribution in [1.82, 2.24) is 0 Å². The van der Waals surface area contributed by atoms with Crippen LogP contribution in [0.15, 0.2) is 46.9 Å². The van der Waals surface area contributed by atoms with Crippen molar-refractivity contribution in [3.8, 4) is 0 Å². The molecule has 2 aromatic rings. The number of ketones is 1. The van der Waals surface area contributed by atoms with Crippen LogP contribution in [0.25, 0.3) is 0 Å². The van der Waals surface area contributed by atoms with Crippen LogP contribution in [0.4, 0.5) is 15.8 Å². The molecule has 0 amide bonds. The molecule has 0 bridgehead atoms. The van der Waals surface area contributed by atoms with E-state index in [1.807, 2.05) is 24.1 Å². The predicted octanol–water partition coefficient (Wildman–Crippen LogP) is 4.56. The molecular formula is C15H13BrFNO. The SMILES string of the molecule is CC(=O)c1ccc(Br)cc1N(C)c1ccc(F)cc1. The van der Waals surface area contributed by atoms with Crippen LogP contribution in [-0.2, 0) is 0 Å². The molecule has 0 saturated heterocycles. The molecule has 19 heavy (non-hydrogen) atoms. The van der Waals surface area contributed by atoms with Crippen molar-refractivity contribution in [3.05, 3.63) is 58.3 Å². The molecule has 2 rings (SSSR count). The normalized spacial score (nSPS) is 10.3. The summed E-state index contributed by atoms with van der Waals surface area (Å²) in [5, 5.41) is 0. The Morgan fingerprint density at radius 2 is 1.79 bits per heavy atom. The van der Waals surface area contributed by atoms with E-state index in [0.29, 0.717) is 5.56 Å². The average Bonchev–Trinajstić information content (AvgIpc) is 2.38. The van der Waals surface area contributed by atoms with Gasteiger partial charge in [0.05, 0.1) is 5.69 Å². The Kier molecular flexibility index (Phi) is 4.00. The standard InChI is InChI=1S/C15H13BrFNO/c1-10(19)14-8-3-11(16)9-15(14)18(2)13-6-4-12(17)5-7-13/h3-9H,1-2H3. The Labute approximate surface area is 120 Å². The molecule has 0 aliphatic carbocycles. The fourth-order valence-electron chi connectivity index (χ4n) is 1.88. The average molecular weight is 322 g/mol. The molecule has 0 heterocycles. The van der Waals surface area contributed by atoms with E-state index in [1.165, 1.54) is 19.1 Å². The molecule has 0 radical (unpaired) electrons. The van der Waals surface area contributed by atoms with Gasteiger partial charge in [0, 0.05) is 22.8 Å². The second-order valence-corrected chi connectivity index (χ2v) is 5.17. The lowest BCUT2D eigenvalue weighted by atomic mass is 10.1. The summed E-state index contributed by atoms with van der Waals surface area (Å²) in [4.78, 5) is 13.5.